The summed E-state index contributed by atoms with van der Waals surface area (Å²) >= 11 is 0. The van der Waals surface area contributed by atoms with Crippen molar-refractivity contribution in [1.82, 2.24) is 9.80 Å². The highest BCUT2D eigenvalue weighted by atomic mass is 16.2. The van der Waals surface area contributed by atoms with Gasteiger partial charge in [-0.3, -0.25) is 14.6 Å². The molecule has 1 saturated heterocycles. The Morgan fingerprint density at radius 3 is 2.46 bits per heavy atom. The van der Waals surface area contributed by atoms with Crippen molar-refractivity contribution in [3.8, 4) is 0 Å². The first kappa shape index (κ1) is 20.3. The number of carbonyl (C=O) groups is 1. The van der Waals surface area contributed by atoms with Gasteiger partial charge < -0.3 is 5.32 Å². The Morgan fingerprint density at radius 1 is 1.07 bits per heavy atom. The SMILES string of the molecule is Cc1ccc(NC(=O)[C@H](C)N2CCN(C/C=C/c3ccccc3)CC2)c(C)c1. The van der Waals surface area contributed by atoms with Crippen LogP contribution in [0.3, 0.4) is 0 Å². The minimum atomic E-state index is -0.122. The van der Waals surface area contributed by atoms with Crippen LogP contribution in [-0.2, 0) is 4.79 Å². The summed E-state index contributed by atoms with van der Waals surface area (Å²) in [6.45, 7) is 10.9. The fraction of sp³-hybridized carbons (Fsp3) is 0.375. The van der Waals surface area contributed by atoms with Gasteiger partial charge in [0.2, 0.25) is 5.91 Å². The average Bonchev–Trinajstić information content (AvgIpc) is 2.71. The number of hydrogen-bond donors (Lipinski definition) is 1. The van der Waals surface area contributed by atoms with Crippen LogP contribution < -0.4 is 5.32 Å². The van der Waals surface area contributed by atoms with E-state index in [4.69, 9.17) is 0 Å². The standard InChI is InChI=1S/C24H31N3O/c1-19-11-12-23(20(2)18-19)25-24(28)21(3)27-16-14-26(15-17-27)13-7-10-22-8-5-4-6-9-22/h4-12,18,21H,13-17H2,1-3H3,(H,25,28)/b10-7+/t21-/m0/s1. The molecule has 0 aliphatic carbocycles. The smallest absolute Gasteiger partial charge is 0.241 e. The normalized spacial score (nSPS) is 17.0. The Morgan fingerprint density at radius 2 is 1.79 bits per heavy atom. The van der Waals surface area contributed by atoms with E-state index < -0.39 is 0 Å². The van der Waals surface area contributed by atoms with Gasteiger partial charge in [-0.25, -0.2) is 0 Å². The Kier molecular flexibility index (Phi) is 7.01. The highest BCUT2D eigenvalue weighted by Gasteiger charge is 2.25. The predicted molar refractivity (Wildman–Crippen MR) is 117 cm³/mol. The quantitative estimate of drug-likeness (QED) is 0.828. The maximum Gasteiger partial charge on any atom is 0.241 e. The van der Waals surface area contributed by atoms with Crippen molar-refractivity contribution < 1.29 is 4.79 Å². The second-order valence-corrected chi connectivity index (χ2v) is 7.63. The summed E-state index contributed by atoms with van der Waals surface area (Å²) in [5.41, 5.74) is 4.46. The molecule has 0 saturated carbocycles. The van der Waals surface area contributed by atoms with Gasteiger partial charge in [-0.2, -0.15) is 0 Å². The number of carbonyl (C=O) groups excluding carboxylic acids is 1. The molecule has 28 heavy (non-hydrogen) atoms. The van der Waals surface area contributed by atoms with Gasteiger partial charge in [-0.1, -0.05) is 60.2 Å². The third-order valence-corrected chi connectivity index (χ3v) is 5.45. The number of nitrogens with one attached hydrogen (secondary N) is 1. The van der Waals surface area contributed by atoms with Crippen LogP contribution in [0.2, 0.25) is 0 Å². The molecule has 1 aliphatic rings. The molecule has 2 aromatic carbocycles. The summed E-state index contributed by atoms with van der Waals surface area (Å²) in [5.74, 6) is 0.0735. The molecule has 0 bridgehead atoms. The maximum atomic E-state index is 12.7. The van der Waals surface area contributed by atoms with E-state index in [1.54, 1.807) is 0 Å². The van der Waals surface area contributed by atoms with Gasteiger partial charge in [0, 0.05) is 38.4 Å². The first-order valence-electron chi connectivity index (χ1n) is 10.1. The number of rotatable bonds is 6. The second-order valence-electron chi connectivity index (χ2n) is 7.63. The van der Waals surface area contributed by atoms with Crippen molar-refractivity contribution in [2.45, 2.75) is 26.8 Å². The van der Waals surface area contributed by atoms with Crippen molar-refractivity contribution in [3.05, 3.63) is 71.3 Å². The van der Waals surface area contributed by atoms with Crippen LogP contribution in [0.4, 0.5) is 5.69 Å². The molecule has 4 nitrogen and oxygen atoms in total. The van der Waals surface area contributed by atoms with Crippen molar-refractivity contribution in [1.29, 1.82) is 0 Å². The van der Waals surface area contributed by atoms with Gasteiger partial charge in [-0.15, -0.1) is 0 Å². The lowest BCUT2D eigenvalue weighted by Crippen LogP contribution is -2.52. The third-order valence-electron chi connectivity index (χ3n) is 5.45. The van der Waals surface area contributed by atoms with E-state index in [-0.39, 0.29) is 11.9 Å². The van der Waals surface area contributed by atoms with Crippen molar-refractivity contribution in [3.63, 3.8) is 0 Å². The minimum absolute atomic E-state index is 0.0735. The van der Waals surface area contributed by atoms with Gasteiger partial charge >= 0.3 is 0 Å². The molecule has 1 amide bonds. The molecule has 0 radical (unpaired) electrons. The van der Waals surface area contributed by atoms with Gasteiger partial charge in [0.05, 0.1) is 6.04 Å². The minimum Gasteiger partial charge on any atom is -0.324 e. The van der Waals surface area contributed by atoms with E-state index in [0.717, 1.165) is 44.0 Å². The average molecular weight is 378 g/mol. The topological polar surface area (TPSA) is 35.6 Å². The molecular weight excluding hydrogens is 346 g/mol. The lowest BCUT2D eigenvalue weighted by molar-refractivity contribution is -0.121. The van der Waals surface area contributed by atoms with E-state index >= 15 is 0 Å². The molecule has 1 aliphatic heterocycles. The molecule has 3 rings (SSSR count). The Bertz CT molecular complexity index is 808. The summed E-state index contributed by atoms with van der Waals surface area (Å²) in [5, 5.41) is 3.09. The van der Waals surface area contributed by atoms with Crippen LogP contribution in [0, 0.1) is 13.8 Å². The third kappa shape index (κ3) is 5.54. The summed E-state index contributed by atoms with van der Waals surface area (Å²) in [6.07, 6.45) is 4.40. The van der Waals surface area contributed by atoms with Gasteiger partial charge in [0.15, 0.2) is 0 Å². The summed E-state index contributed by atoms with van der Waals surface area (Å²) in [4.78, 5) is 17.4. The monoisotopic (exact) mass is 377 g/mol. The first-order chi connectivity index (χ1) is 13.5. The van der Waals surface area contributed by atoms with Crippen LogP contribution in [0.25, 0.3) is 6.08 Å². The van der Waals surface area contributed by atoms with Crippen LogP contribution in [0.15, 0.2) is 54.6 Å². The number of nitrogens with zero attached hydrogens (tertiary/aromatic N) is 2. The summed E-state index contributed by atoms with van der Waals surface area (Å²) < 4.78 is 0. The number of amides is 1. The molecule has 0 unspecified atom stereocenters. The Hall–Kier alpha value is -2.43. The van der Waals surface area contributed by atoms with Crippen LogP contribution in [0.5, 0.6) is 0 Å². The van der Waals surface area contributed by atoms with E-state index in [1.807, 2.05) is 32.0 Å². The summed E-state index contributed by atoms with van der Waals surface area (Å²) in [6, 6.07) is 16.4. The van der Waals surface area contributed by atoms with E-state index in [9.17, 15) is 4.79 Å². The summed E-state index contributed by atoms with van der Waals surface area (Å²) in [7, 11) is 0. The lowest BCUT2D eigenvalue weighted by Gasteiger charge is -2.37. The highest BCUT2D eigenvalue weighted by molar-refractivity contribution is 5.95. The number of hydrogen-bond acceptors (Lipinski definition) is 3. The molecule has 1 heterocycles. The molecule has 1 N–H and O–H groups in total. The largest absolute Gasteiger partial charge is 0.324 e. The number of piperazine rings is 1. The van der Waals surface area contributed by atoms with E-state index in [1.165, 1.54) is 11.1 Å². The molecule has 0 spiro atoms. The molecule has 4 heteroatoms. The maximum absolute atomic E-state index is 12.7. The number of aryl methyl sites for hydroxylation is 2. The zero-order valence-electron chi connectivity index (χ0n) is 17.2. The van der Waals surface area contributed by atoms with Crippen molar-refractivity contribution >= 4 is 17.7 Å². The zero-order valence-corrected chi connectivity index (χ0v) is 17.2. The van der Waals surface area contributed by atoms with Gasteiger partial charge in [0.25, 0.3) is 0 Å². The highest BCUT2D eigenvalue weighted by Crippen LogP contribution is 2.17. The number of benzene rings is 2. The van der Waals surface area contributed by atoms with Gasteiger partial charge in [-0.05, 0) is 38.0 Å². The predicted octanol–water partition coefficient (Wildman–Crippen LogP) is 3.96. The number of anilines is 1. The van der Waals surface area contributed by atoms with Crippen LogP contribution in [-0.4, -0.2) is 54.5 Å². The fourth-order valence-electron chi connectivity index (χ4n) is 3.59. The zero-order chi connectivity index (χ0) is 19.9. The molecule has 1 fully saturated rings. The Labute approximate surface area is 168 Å². The molecular formula is C24H31N3O. The van der Waals surface area contributed by atoms with Crippen LogP contribution >= 0.6 is 0 Å². The first-order valence-corrected chi connectivity index (χ1v) is 10.1. The molecule has 148 valence electrons. The lowest BCUT2D eigenvalue weighted by atomic mass is 10.1. The fourth-order valence-corrected chi connectivity index (χ4v) is 3.59. The second kappa shape index (κ2) is 9.67. The molecule has 0 aromatic heterocycles. The van der Waals surface area contributed by atoms with Gasteiger partial charge in [0.1, 0.15) is 0 Å². The van der Waals surface area contributed by atoms with E-state index in [2.05, 4.69) is 64.5 Å². The Balaban J connectivity index is 1.46. The molecule has 1 atom stereocenters. The molecule has 2 aromatic rings. The van der Waals surface area contributed by atoms with Crippen molar-refractivity contribution in [2.75, 3.05) is 38.0 Å². The van der Waals surface area contributed by atoms with Crippen molar-refractivity contribution in [2.24, 2.45) is 0 Å². The van der Waals surface area contributed by atoms with E-state index in [0.29, 0.717) is 0 Å². The van der Waals surface area contributed by atoms with Crippen LogP contribution in [0.1, 0.15) is 23.6 Å².